The van der Waals surface area contributed by atoms with Gasteiger partial charge in [0, 0.05) is 13.1 Å². The Bertz CT molecular complexity index is 298. The van der Waals surface area contributed by atoms with Crippen molar-refractivity contribution in [3.8, 4) is 0 Å². The van der Waals surface area contributed by atoms with Gasteiger partial charge in [0.05, 0.1) is 24.9 Å². The van der Waals surface area contributed by atoms with Crippen molar-refractivity contribution in [3.05, 3.63) is 0 Å². The highest BCUT2D eigenvalue weighted by atomic mass is 16.5. The van der Waals surface area contributed by atoms with Crippen molar-refractivity contribution in [2.24, 2.45) is 0 Å². The second-order valence-corrected chi connectivity index (χ2v) is 5.58. The zero-order chi connectivity index (χ0) is 13.7. The Balaban J connectivity index is 1.78. The maximum atomic E-state index is 12.2. The fourth-order valence-corrected chi connectivity index (χ4v) is 3.03. The maximum Gasteiger partial charge on any atom is 0.317 e. The number of nitrogens with zero attached hydrogens (tertiary/aromatic N) is 1. The summed E-state index contributed by atoms with van der Waals surface area (Å²) in [7, 11) is 0. The number of urea groups is 1. The Kier molecular flexibility index (Phi) is 5.45. The van der Waals surface area contributed by atoms with E-state index in [-0.39, 0.29) is 24.8 Å². The van der Waals surface area contributed by atoms with E-state index in [1.807, 2.05) is 0 Å². The van der Waals surface area contributed by atoms with Gasteiger partial charge in [-0.25, -0.2) is 4.79 Å². The fourth-order valence-electron chi connectivity index (χ4n) is 3.03. The minimum Gasteiger partial charge on any atom is -0.395 e. The van der Waals surface area contributed by atoms with E-state index in [0.29, 0.717) is 12.6 Å². The molecule has 0 aliphatic carbocycles. The van der Waals surface area contributed by atoms with Crippen LogP contribution in [0.3, 0.4) is 0 Å². The van der Waals surface area contributed by atoms with Gasteiger partial charge >= 0.3 is 6.03 Å². The summed E-state index contributed by atoms with van der Waals surface area (Å²) in [6.45, 7) is 3.30. The Hall–Kier alpha value is -0.810. The molecule has 0 spiro atoms. The van der Waals surface area contributed by atoms with Crippen LogP contribution in [0.25, 0.3) is 0 Å². The molecule has 2 aliphatic heterocycles. The molecule has 0 aromatic carbocycles. The molecule has 0 radical (unpaired) electrons. The van der Waals surface area contributed by atoms with Crippen LogP contribution in [0.2, 0.25) is 0 Å². The standard InChI is InChI=1S/C14H26N2O3/c1-2-3-4-7-16(8-9-17)14(18)15-12-10-11-5-6-13(12)19-11/h11-13,17H,2-10H2,1H3,(H,15,18). The van der Waals surface area contributed by atoms with Crippen LogP contribution in [0.15, 0.2) is 0 Å². The van der Waals surface area contributed by atoms with Gasteiger partial charge in [0.15, 0.2) is 0 Å². The molecule has 5 nitrogen and oxygen atoms in total. The number of hydrogen-bond donors (Lipinski definition) is 2. The van der Waals surface area contributed by atoms with Crippen LogP contribution in [0.5, 0.6) is 0 Å². The van der Waals surface area contributed by atoms with Gasteiger partial charge in [-0.15, -0.1) is 0 Å². The molecule has 5 heteroatoms. The fraction of sp³-hybridized carbons (Fsp3) is 0.929. The lowest BCUT2D eigenvalue weighted by Crippen LogP contribution is -2.49. The number of aliphatic hydroxyl groups is 1. The van der Waals surface area contributed by atoms with Gasteiger partial charge in [0.1, 0.15) is 0 Å². The van der Waals surface area contributed by atoms with Crippen LogP contribution in [0.1, 0.15) is 45.4 Å². The Morgan fingerprint density at radius 3 is 2.79 bits per heavy atom. The topological polar surface area (TPSA) is 61.8 Å². The number of fused-ring (bicyclic) bond motifs is 2. The third-order valence-electron chi connectivity index (χ3n) is 4.10. The number of rotatable bonds is 7. The first kappa shape index (κ1) is 14.6. The third-order valence-corrected chi connectivity index (χ3v) is 4.10. The molecule has 2 bridgehead atoms. The molecule has 19 heavy (non-hydrogen) atoms. The molecular formula is C14H26N2O3. The predicted octanol–water partition coefficient (Wildman–Crippen LogP) is 1.50. The zero-order valence-electron chi connectivity index (χ0n) is 11.8. The largest absolute Gasteiger partial charge is 0.395 e. The van der Waals surface area contributed by atoms with Gasteiger partial charge < -0.3 is 20.1 Å². The summed E-state index contributed by atoms with van der Waals surface area (Å²) in [6.07, 6.45) is 6.94. The first-order valence-corrected chi connectivity index (χ1v) is 7.56. The molecule has 3 unspecified atom stereocenters. The van der Waals surface area contributed by atoms with E-state index in [1.54, 1.807) is 4.90 Å². The van der Waals surface area contributed by atoms with Crippen molar-refractivity contribution < 1.29 is 14.6 Å². The van der Waals surface area contributed by atoms with Crippen LogP contribution in [0.4, 0.5) is 4.79 Å². The predicted molar refractivity (Wildman–Crippen MR) is 73.0 cm³/mol. The van der Waals surface area contributed by atoms with E-state index in [4.69, 9.17) is 9.84 Å². The maximum absolute atomic E-state index is 12.2. The second-order valence-electron chi connectivity index (χ2n) is 5.58. The van der Waals surface area contributed by atoms with E-state index < -0.39 is 0 Å². The van der Waals surface area contributed by atoms with Crippen molar-refractivity contribution in [1.29, 1.82) is 0 Å². The summed E-state index contributed by atoms with van der Waals surface area (Å²) in [4.78, 5) is 13.9. The smallest absolute Gasteiger partial charge is 0.317 e. The summed E-state index contributed by atoms with van der Waals surface area (Å²) in [5.74, 6) is 0. The SMILES string of the molecule is CCCCCN(CCO)C(=O)NC1CC2CCC1O2. The first-order valence-electron chi connectivity index (χ1n) is 7.56. The Morgan fingerprint density at radius 2 is 2.21 bits per heavy atom. The van der Waals surface area contributed by atoms with Gasteiger partial charge in [0.25, 0.3) is 0 Å². The van der Waals surface area contributed by atoms with Crippen LogP contribution in [0, 0.1) is 0 Å². The van der Waals surface area contributed by atoms with Crippen molar-refractivity contribution in [3.63, 3.8) is 0 Å². The van der Waals surface area contributed by atoms with E-state index in [0.717, 1.165) is 45.1 Å². The number of unbranched alkanes of at least 4 members (excludes halogenated alkanes) is 2. The molecule has 2 amide bonds. The third kappa shape index (κ3) is 3.83. The molecule has 110 valence electrons. The van der Waals surface area contributed by atoms with Gasteiger partial charge in [-0.1, -0.05) is 19.8 Å². The molecule has 2 saturated heterocycles. The minimum absolute atomic E-state index is 0.0206. The number of aliphatic hydroxyl groups excluding tert-OH is 1. The summed E-state index contributed by atoms with van der Waals surface area (Å²) >= 11 is 0. The molecule has 2 aliphatic rings. The van der Waals surface area contributed by atoms with Crippen LogP contribution >= 0.6 is 0 Å². The second kappa shape index (κ2) is 7.10. The lowest BCUT2D eigenvalue weighted by molar-refractivity contribution is 0.0966. The van der Waals surface area contributed by atoms with E-state index in [2.05, 4.69) is 12.2 Å². The Labute approximate surface area is 115 Å². The summed E-state index contributed by atoms with van der Waals surface area (Å²) in [6, 6.07) is 0.116. The molecule has 0 saturated carbocycles. The number of hydrogen-bond acceptors (Lipinski definition) is 3. The number of carbonyl (C=O) groups is 1. The minimum atomic E-state index is -0.0497. The molecule has 2 N–H and O–H groups in total. The monoisotopic (exact) mass is 270 g/mol. The molecule has 0 aromatic heterocycles. The number of amides is 2. The van der Waals surface area contributed by atoms with Gasteiger partial charge in [-0.2, -0.15) is 0 Å². The zero-order valence-corrected chi connectivity index (χ0v) is 11.8. The van der Waals surface area contributed by atoms with Gasteiger partial charge in [-0.05, 0) is 25.7 Å². The molecule has 2 rings (SSSR count). The number of ether oxygens (including phenoxy) is 1. The quantitative estimate of drug-likeness (QED) is 0.689. The number of nitrogens with one attached hydrogen (secondary N) is 1. The van der Waals surface area contributed by atoms with E-state index in [1.165, 1.54) is 0 Å². The van der Waals surface area contributed by atoms with Gasteiger partial charge in [-0.3, -0.25) is 0 Å². The average Bonchev–Trinajstić information content (AvgIpc) is 3.00. The summed E-state index contributed by atoms with van der Waals surface area (Å²) in [5.41, 5.74) is 0. The first-order chi connectivity index (χ1) is 9.24. The highest BCUT2D eigenvalue weighted by molar-refractivity contribution is 5.74. The summed E-state index contributed by atoms with van der Waals surface area (Å²) < 4.78 is 5.74. The van der Waals surface area contributed by atoms with Crippen molar-refractivity contribution in [1.82, 2.24) is 10.2 Å². The number of carbonyl (C=O) groups excluding carboxylic acids is 1. The van der Waals surface area contributed by atoms with Crippen molar-refractivity contribution in [2.75, 3.05) is 19.7 Å². The Morgan fingerprint density at radius 1 is 1.37 bits per heavy atom. The molecule has 0 aromatic rings. The average molecular weight is 270 g/mol. The van der Waals surface area contributed by atoms with Gasteiger partial charge in [0.2, 0.25) is 0 Å². The normalized spacial score (nSPS) is 28.6. The molecule has 2 heterocycles. The molecule has 2 fully saturated rings. The van der Waals surface area contributed by atoms with Crippen molar-refractivity contribution in [2.45, 2.75) is 63.7 Å². The van der Waals surface area contributed by atoms with Crippen molar-refractivity contribution >= 4 is 6.03 Å². The highest BCUT2D eigenvalue weighted by Crippen LogP contribution is 2.34. The van der Waals surface area contributed by atoms with E-state index >= 15 is 0 Å². The van der Waals surface area contributed by atoms with Crippen LogP contribution < -0.4 is 5.32 Å². The van der Waals surface area contributed by atoms with Crippen LogP contribution in [-0.4, -0.2) is 54.0 Å². The van der Waals surface area contributed by atoms with E-state index in [9.17, 15) is 4.79 Å². The molecular weight excluding hydrogens is 244 g/mol. The van der Waals surface area contributed by atoms with Crippen LogP contribution in [-0.2, 0) is 4.74 Å². The lowest BCUT2D eigenvalue weighted by Gasteiger charge is -2.26. The lowest BCUT2D eigenvalue weighted by atomic mass is 9.96. The molecule has 3 atom stereocenters. The highest BCUT2D eigenvalue weighted by Gasteiger charge is 2.41. The summed E-state index contributed by atoms with van der Waals surface area (Å²) in [5, 5.41) is 12.1.